The molecule has 188 valence electrons. The first kappa shape index (κ1) is 25.3. The summed E-state index contributed by atoms with van der Waals surface area (Å²) < 4.78 is 71.6. The maximum atomic E-state index is 13.7. The normalized spacial score (nSPS) is 15.7. The molecule has 0 atom stereocenters. The number of anilines is 1. The van der Waals surface area contributed by atoms with Crippen LogP contribution in [0.4, 0.5) is 27.9 Å². The second-order valence-corrected chi connectivity index (χ2v) is 8.70. The van der Waals surface area contributed by atoms with Crippen molar-refractivity contribution in [2.45, 2.75) is 38.1 Å². The number of aromatic nitrogens is 5. The second kappa shape index (κ2) is 10.4. The van der Waals surface area contributed by atoms with Gasteiger partial charge in [0.1, 0.15) is 29.0 Å². The maximum absolute atomic E-state index is 13.7. The molecule has 1 aliphatic rings. The van der Waals surface area contributed by atoms with Gasteiger partial charge in [-0.1, -0.05) is 11.9 Å². The van der Waals surface area contributed by atoms with E-state index in [1.807, 2.05) is 6.26 Å². The highest BCUT2D eigenvalue weighted by molar-refractivity contribution is 7.96. The van der Waals surface area contributed by atoms with E-state index in [9.17, 15) is 27.1 Å². The van der Waals surface area contributed by atoms with Gasteiger partial charge < -0.3 is 15.0 Å². The average molecular weight is 516 g/mol. The fourth-order valence-corrected chi connectivity index (χ4v) is 4.35. The average Bonchev–Trinajstić information content (AvgIpc) is 3.33. The predicted octanol–water partition coefficient (Wildman–Crippen LogP) is 4.33. The first-order chi connectivity index (χ1) is 16.7. The highest BCUT2D eigenvalue weighted by Gasteiger charge is 2.36. The fraction of sp³-hybridized carbons (Fsp3) is 0.429. The lowest BCUT2D eigenvalue weighted by molar-refractivity contribution is -0.137. The van der Waals surface area contributed by atoms with Crippen molar-refractivity contribution in [3.05, 3.63) is 47.8 Å². The van der Waals surface area contributed by atoms with Crippen LogP contribution >= 0.6 is 11.9 Å². The Bertz CT molecular complexity index is 1170. The largest absolute Gasteiger partial charge is 0.420 e. The van der Waals surface area contributed by atoms with Crippen LogP contribution in [0, 0.1) is 0 Å². The number of alkyl halides is 5. The van der Waals surface area contributed by atoms with Crippen LogP contribution in [0.2, 0.25) is 0 Å². The molecule has 0 aromatic carbocycles. The predicted molar refractivity (Wildman–Crippen MR) is 120 cm³/mol. The Morgan fingerprint density at radius 3 is 2.54 bits per heavy atom. The summed E-state index contributed by atoms with van der Waals surface area (Å²) in [5.74, 6) is 0.0346. The van der Waals surface area contributed by atoms with Crippen LogP contribution < -0.4 is 5.32 Å². The maximum Gasteiger partial charge on any atom is 0.420 e. The number of hydrogen-bond donors (Lipinski definition) is 2. The number of pyridine rings is 1. The molecular weight excluding hydrogens is 493 g/mol. The van der Waals surface area contributed by atoms with E-state index in [-0.39, 0.29) is 29.1 Å². The molecule has 0 aliphatic carbocycles. The zero-order chi connectivity index (χ0) is 25.2. The van der Waals surface area contributed by atoms with E-state index < -0.39 is 36.2 Å². The van der Waals surface area contributed by atoms with Crippen LogP contribution in [0.15, 0.2) is 30.9 Å². The van der Waals surface area contributed by atoms with Crippen LogP contribution in [0.3, 0.4) is 0 Å². The third-order valence-corrected chi connectivity index (χ3v) is 6.45. The number of imidazole rings is 1. The Labute approximate surface area is 201 Å². The number of rotatable bonds is 7. The summed E-state index contributed by atoms with van der Waals surface area (Å²) in [6.07, 6.45) is -1.18. The van der Waals surface area contributed by atoms with Crippen molar-refractivity contribution < 1.29 is 27.1 Å². The summed E-state index contributed by atoms with van der Waals surface area (Å²) in [7, 11) is 0. The van der Waals surface area contributed by atoms with E-state index in [1.54, 1.807) is 11.9 Å². The summed E-state index contributed by atoms with van der Waals surface area (Å²) in [6.45, 7) is 1.12. The molecule has 0 bridgehead atoms. The van der Waals surface area contributed by atoms with Crippen molar-refractivity contribution >= 4 is 17.9 Å². The molecule has 0 unspecified atom stereocenters. The minimum atomic E-state index is -4.75. The van der Waals surface area contributed by atoms with Gasteiger partial charge in [-0.2, -0.15) is 13.2 Å². The molecule has 1 aliphatic heterocycles. The molecule has 1 fully saturated rings. The van der Waals surface area contributed by atoms with Gasteiger partial charge >= 0.3 is 6.18 Å². The van der Waals surface area contributed by atoms with Crippen molar-refractivity contribution in [1.29, 1.82) is 0 Å². The van der Waals surface area contributed by atoms with Gasteiger partial charge in [-0.3, -0.25) is 4.31 Å². The third-order valence-electron chi connectivity index (χ3n) is 5.57. The zero-order valence-corrected chi connectivity index (χ0v) is 19.3. The number of aliphatic hydroxyl groups is 1. The van der Waals surface area contributed by atoms with Gasteiger partial charge in [-0.05, 0) is 31.2 Å². The number of piperidine rings is 1. The number of halogens is 5. The molecule has 35 heavy (non-hydrogen) atoms. The molecule has 4 rings (SSSR count). The number of nitrogens with zero attached hydrogens (tertiary/aromatic N) is 6. The zero-order valence-electron chi connectivity index (χ0n) is 18.5. The molecule has 0 amide bonds. The first-order valence-electron chi connectivity index (χ1n) is 10.6. The van der Waals surface area contributed by atoms with Gasteiger partial charge in [-0.15, -0.1) is 0 Å². The first-order valence-corrected chi connectivity index (χ1v) is 11.8. The van der Waals surface area contributed by atoms with Crippen LogP contribution in [0.5, 0.6) is 0 Å². The van der Waals surface area contributed by atoms with Crippen molar-refractivity contribution in [3.8, 4) is 17.1 Å². The molecule has 2 N–H and O–H groups in total. The molecule has 0 radical (unpaired) electrons. The molecule has 0 saturated carbocycles. The monoisotopic (exact) mass is 515 g/mol. The molecule has 14 heteroatoms. The highest BCUT2D eigenvalue weighted by atomic mass is 32.2. The van der Waals surface area contributed by atoms with Crippen molar-refractivity contribution in [2.24, 2.45) is 0 Å². The third kappa shape index (κ3) is 5.70. The van der Waals surface area contributed by atoms with Gasteiger partial charge in [0.25, 0.3) is 6.43 Å². The van der Waals surface area contributed by atoms with E-state index in [2.05, 4.69) is 29.6 Å². The molecule has 3 aromatic heterocycles. The lowest BCUT2D eigenvalue weighted by atomic mass is 10.1. The number of hydrogen-bond acceptors (Lipinski definition) is 8. The van der Waals surface area contributed by atoms with Crippen LogP contribution in [0.25, 0.3) is 17.1 Å². The van der Waals surface area contributed by atoms with E-state index in [0.29, 0.717) is 6.20 Å². The molecular formula is C21H22F5N7OS. The Morgan fingerprint density at radius 2 is 1.91 bits per heavy atom. The van der Waals surface area contributed by atoms with Crippen molar-refractivity contribution in [2.75, 3.05) is 24.7 Å². The van der Waals surface area contributed by atoms with Crippen molar-refractivity contribution in [1.82, 2.24) is 28.8 Å². The van der Waals surface area contributed by atoms with E-state index in [4.69, 9.17) is 0 Å². The topological polar surface area (TPSA) is 92.0 Å². The second-order valence-electron chi connectivity index (χ2n) is 7.82. The molecule has 4 heterocycles. The standard InChI is InChI=1S/C21H22F5N7OS/c1-35-33-6-4-12(5-7-33)30-20-27-8-14(21(24,25)26)17(31-20)15-9-32(11-28-15)16-3-2-13(10-34)29-18(16)19(22)23/h2-3,8-9,11-12,19,34H,4-7,10H2,1H3,(H,27,30,31). The number of nitrogens with one attached hydrogen (secondary N) is 1. The van der Waals surface area contributed by atoms with Gasteiger partial charge in [0.2, 0.25) is 5.95 Å². The Kier molecular flexibility index (Phi) is 7.52. The summed E-state index contributed by atoms with van der Waals surface area (Å²) in [4.78, 5) is 15.7. The smallest absolute Gasteiger partial charge is 0.390 e. The SMILES string of the molecule is CSN1CCC(Nc2ncc(C(F)(F)F)c(-c3cn(-c4ccc(CO)nc4C(F)F)cn3)n2)CC1. The summed E-state index contributed by atoms with van der Waals surface area (Å²) >= 11 is 1.64. The van der Waals surface area contributed by atoms with Crippen molar-refractivity contribution in [3.63, 3.8) is 0 Å². The summed E-state index contributed by atoms with van der Waals surface area (Å²) in [5.41, 5.74) is -2.37. The quantitative estimate of drug-likeness (QED) is 0.355. The molecule has 8 nitrogen and oxygen atoms in total. The minimum Gasteiger partial charge on any atom is -0.390 e. The lowest BCUT2D eigenvalue weighted by Crippen LogP contribution is -2.35. The van der Waals surface area contributed by atoms with Crippen LogP contribution in [-0.4, -0.2) is 59.3 Å². The number of aliphatic hydroxyl groups excluding tert-OH is 1. The molecule has 0 spiro atoms. The Hall–Kier alpha value is -2.84. The lowest BCUT2D eigenvalue weighted by Gasteiger charge is -2.30. The molecule has 3 aromatic rings. The van der Waals surface area contributed by atoms with Crippen LogP contribution in [-0.2, 0) is 12.8 Å². The van der Waals surface area contributed by atoms with Gasteiger partial charge in [0.15, 0.2) is 0 Å². The van der Waals surface area contributed by atoms with Gasteiger partial charge in [0, 0.05) is 31.5 Å². The van der Waals surface area contributed by atoms with Crippen LogP contribution in [0.1, 0.15) is 36.2 Å². The van der Waals surface area contributed by atoms with Gasteiger partial charge in [0.05, 0.1) is 18.0 Å². The summed E-state index contributed by atoms with van der Waals surface area (Å²) in [5, 5.41) is 12.3. The Balaban J connectivity index is 1.67. The van der Waals surface area contributed by atoms with Gasteiger partial charge in [-0.25, -0.2) is 28.7 Å². The summed E-state index contributed by atoms with van der Waals surface area (Å²) in [6, 6.07) is 2.64. The van der Waals surface area contributed by atoms with E-state index >= 15 is 0 Å². The minimum absolute atomic E-state index is 0.00487. The van der Waals surface area contributed by atoms with E-state index in [0.717, 1.165) is 36.8 Å². The molecule has 1 saturated heterocycles. The fourth-order valence-electron chi connectivity index (χ4n) is 3.77. The Morgan fingerprint density at radius 1 is 1.17 bits per heavy atom. The highest BCUT2D eigenvalue weighted by Crippen LogP contribution is 2.36. The van der Waals surface area contributed by atoms with E-state index in [1.165, 1.54) is 18.3 Å².